The molecule has 0 bridgehead atoms. The molecule has 0 amide bonds. The average molecular weight is 356 g/mol. The summed E-state index contributed by atoms with van der Waals surface area (Å²) in [6.45, 7) is 5.44. The normalized spacial score (nSPS) is 29.6. The maximum Gasteiger partial charge on any atom is 0.247 e. The molecule has 0 spiro atoms. The molecule has 2 heterocycles. The lowest BCUT2D eigenvalue weighted by molar-refractivity contribution is -0.571. The predicted molar refractivity (Wildman–Crippen MR) is 95.1 cm³/mol. The van der Waals surface area contributed by atoms with Crippen molar-refractivity contribution in [3.63, 3.8) is 0 Å². The van der Waals surface area contributed by atoms with Crippen LogP contribution in [-0.2, 0) is 0 Å². The third-order valence-electron chi connectivity index (χ3n) is 4.97. The van der Waals surface area contributed by atoms with E-state index < -0.39 is 5.54 Å². The number of hydrogen-bond donors (Lipinski definition) is 0. The van der Waals surface area contributed by atoms with Gasteiger partial charge in [0, 0.05) is 23.9 Å². The van der Waals surface area contributed by atoms with Crippen LogP contribution >= 0.6 is 24.8 Å². The molecule has 2 rings (SSSR count). The number of unbranched alkanes of at least 4 members (excludes halogenated alkanes) is 2. The van der Waals surface area contributed by atoms with Gasteiger partial charge in [0.2, 0.25) is 5.54 Å². The van der Waals surface area contributed by atoms with Crippen molar-refractivity contribution < 1.29 is 4.92 Å². The van der Waals surface area contributed by atoms with Crippen molar-refractivity contribution in [3.05, 3.63) is 10.1 Å². The summed E-state index contributed by atoms with van der Waals surface area (Å²) in [5.74, 6) is 0. The van der Waals surface area contributed by atoms with Crippen molar-refractivity contribution in [1.29, 1.82) is 0 Å². The number of halogens is 2. The second-order valence-corrected chi connectivity index (χ2v) is 6.76. The van der Waals surface area contributed by atoms with Crippen LogP contribution in [0, 0.1) is 10.1 Å². The fourth-order valence-corrected chi connectivity index (χ4v) is 3.90. The molecule has 0 N–H and O–H groups in total. The van der Waals surface area contributed by atoms with Gasteiger partial charge in [0.15, 0.2) is 0 Å². The molecule has 0 radical (unpaired) electrons. The van der Waals surface area contributed by atoms with Gasteiger partial charge in [-0.3, -0.25) is 19.9 Å². The Hall–Kier alpha value is -0.100. The Labute approximate surface area is 146 Å². The number of piperidine rings is 1. The van der Waals surface area contributed by atoms with E-state index in [0.29, 0.717) is 19.1 Å². The largest absolute Gasteiger partial charge is 0.298 e. The first-order chi connectivity index (χ1) is 9.57. The topological polar surface area (TPSA) is 49.6 Å². The molecule has 132 valence electrons. The molecule has 2 atom stereocenters. The van der Waals surface area contributed by atoms with Gasteiger partial charge in [-0.2, -0.15) is 0 Å². The summed E-state index contributed by atoms with van der Waals surface area (Å²) in [7, 11) is 2.05. The summed E-state index contributed by atoms with van der Waals surface area (Å²) in [5.41, 5.74) is -0.754. The quantitative estimate of drug-likeness (QED) is 0.431. The van der Waals surface area contributed by atoms with Crippen molar-refractivity contribution in [2.45, 2.75) is 63.5 Å². The van der Waals surface area contributed by atoms with Gasteiger partial charge in [0.25, 0.3) is 0 Å². The van der Waals surface area contributed by atoms with Crippen LogP contribution in [0.15, 0.2) is 0 Å². The highest BCUT2D eigenvalue weighted by Crippen LogP contribution is 2.29. The van der Waals surface area contributed by atoms with Gasteiger partial charge in [-0.25, -0.2) is 0 Å². The Bertz CT molecular complexity index is 347. The molecular formula is C15H31Cl2N3O2. The lowest BCUT2D eigenvalue weighted by Gasteiger charge is -2.36. The van der Waals surface area contributed by atoms with E-state index in [0.717, 1.165) is 38.8 Å². The molecule has 0 aromatic heterocycles. The third-order valence-corrected chi connectivity index (χ3v) is 4.97. The Morgan fingerprint density at radius 2 is 1.95 bits per heavy atom. The molecule has 5 nitrogen and oxygen atoms in total. The second kappa shape index (κ2) is 9.91. The Kier molecular flexibility index (Phi) is 9.86. The van der Waals surface area contributed by atoms with Crippen LogP contribution in [0.4, 0.5) is 0 Å². The van der Waals surface area contributed by atoms with Crippen LogP contribution in [0.2, 0.25) is 0 Å². The average Bonchev–Trinajstić information content (AvgIpc) is 2.55. The lowest BCUT2D eigenvalue weighted by atomic mass is 9.91. The minimum atomic E-state index is -0.754. The SMILES string of the molecule is CCCCCC1([N+](=O)[O-])CN(C)CC2CCCCN2C1.Cl.Cl. The maximum atomic E-state index is 11.8. The molecule has 2 saturated heterocycles. The van der Waals surface area contributed by atoms with Crippen molar-refractivity contribution in [2.24, 2.45) is 0 Å². The smallest absolute Gasteiger partial charge is 0.247 e. The van der Waals surface area contributed by atoms with E-state index in [2.05, 4.69) is 23.8 Å². The fraction of sp³-hybridized carbons (Fsp3) is 1.00. The van der Waals surface area contributed by atoms with E-state index in [1.807, 2.05) is 0 Å². The first-order valence-electron chi connectivity index (χ1n) is 8.14. The zero-order chi connectivity index (χ0) is 14.6. The summed E-state index contributed by atoms with van der Waals surface area (Å²) in [6, 6.07) is 0.529. The summed E-state index contributed by atoms with van der Waals surface area (Å²) in [6.07, 6.45) is 7.59. The lowest BCUT2D eigenvalue weighted by Crippen LogP contribution is -2.53. The molecule has 22 heavy (non-hydrogen) atoms. The number of fused-ring (bicyclic) bond motifs is 1. The minimum Gasteiger partial charge on any atom is -0.298 e. The predicted octanol–water partition coefficient (Wildman–Crippen LogP) is 3.23. The van der Waals surface area contributed by atoms with E-state index in [1.54, 1.807) is 0 Å². The van der Waals surface area contributed by atoms with E-state index in [4.69, 9.17) is 0 Å². The molecule has 0 aromatic rings. The summed E-state index contributed by atoms with van der Waals surface area (Å²) in [5, 5.41) is 11.8. The fourth-order valence-electron chi connectivity index (χ4n) is 3.90. The zero-order valence-electron chi connectivity index (χ0n) is 13.8. The van der Waals surface area contributed by atoms with Crippen LogP contribution in [-0.4, -0.2) is 59.5 Å². The molecule has 2 aliphatic rings. The number of rotatable bonds is 5. The monoisotopic (exact) mass is 355 g/mol. The van der Waals surface area contributed by atoms with Crippen molar-refractivity contribution in [2.75, 3.05) is 33.2 Å². The number of nitrogens with zero attached hydrogens (tertiary/aromatic N) is 3. The van der Waals surface area contributed by atoms with Gasteiger partial charge in [-0.05, 0) is 32.9 Å². The first-order valence-corrected chi connectivity index (χ1v) is 8.14. The summed E-state index contributed by atoms with van der Waals surface area (Å²) >= 11 is 0. The highest BCUT2D eigenvalue weighted by molar-refractivity contribution is 5.85. The molecule has 2 fully saturated rings. The number of nitro groups is 1. The van der Waals surface area contributed by atoms with Gasteiger partial charge in [-0.15, -0.1) is 24.8 Å². The van der Waals surface area contributed by atoms with Gasteiger partial charge in [-0.1, -0.05) is 26.2 Å². The maximum absolute atomic E-state index is 11.8. The van der Waals surface area contributed by atoms with Crippen molar-refractivity contribution in [3.8, 4) is 0 Å². The van der Waals surface area contributed by atoms with Gasteiger partial charge in [0.1, 0.15) is 0 Å². The van der Waals surface area contributed by atoms with Gasteiger partial charge >= 0.3 is 0 Å². The third kappa shape index (κ3) is 5.22. The first kappa shape index (κ1) is 21.9. The number of likely N-dealkylation sites (N-methyl/N-ethyl adjacent to an activating group) is 1. The van der Waals surface area contributed by atoms with Crippen LogP contribution in [0.5, 0.6) is 0 Å². The van der Waals surface area contributed by atoms with E-state index in [1.165, 1.54) is 19.3 Å². The standard InChI is InChI=1S/C15H29N3O2.2ClH/c1-3-4-6-9-15(18(19)20)12-16(2)11-14-8-5-7-10-17(14)13-15;;/h14H,3-13H2,1-2H3;2*1H. The van der Waals surface area contributed by atoms with E-state index in [-0.39, 0.29) is 29.7 Å². The minimum absolute atomic E-state index is 0. The Morgan fingerprint density at radius 1 is 1.23 bits per heavy atom. The van der Waals surface area contributed by atoms with Crippen LogP contribution < -0.4 is 0 Å². The molecule has 7 heteroatoms. The second-order valence-electron chi connectivity index (χ2n) is 6.76. The highest BCUT2D eigenvalue weighted by atomic mass is 35.5. The van der Waals surface area contributed by atoms with Gasteiger partial charge in [0.05, 0.1) is 13.1 Å². The molecule has 2 aliphatic heterocycles. The van der Waals surface area contributed by atoms with E-state index >= 15 is 0 Å². The van der Waals surface area contributed by atoms with E-state index in [9.17, 15) is 10.1 Å². The highest BCUT2D eigenvalue weighted by Gasteiger charge is 2.48. The van der Waals surface area contributed by atoms with Crippen molar-refractivity contribution in [1.82, 2.24) is 9.80 Å². The van der Waals surface area contributed by atoms with Crippen LogP contribution in [0.25, 0.3) is 0 Å². The summed E-state index contributed by atoms with van der Waals surface area (Å²) < 4.78 is 0. The van der Waals surface area contributed by atoms with Crippen LogP contribution in [0.1, 0.15) is 51.9 Å². The van der Waals surface area contributed by atoms with Gasteiger partial charge < -0.3 is 0 Å². The summed E-state index contributed by atoms with van der Waals surface area (Å²) in [4.78, 5) is 16.4. The van der Waals surface area contributed by atoms with Crippen LogP contribution in [0.3, 0.4) is 0 Å². The Morgan fingerprint density at radius 3 is 2.59 bits per heavy atom. The zero-order valence-corrected chi connectivity index (χ0v) is 15.5. The molecular weight excluding hydrogens is 325 g/mol. The molecule has 0 aliphatic carbocycles. The number of hydrogen-bond acceptors (Lipinski definition) is 4. The molecule has 0 saturated carbocycles. The van der Waals surface area contributed by atoms with Crippen molar-refractivity contribution >= 4 is 24.8 Å². The molecule has 0 aromatic carbocycles. The molecule has 2 unspecified atom stereocenters. The Balaban J connectivity index is 0.00000220.